The summed E-state index contributed by atoms with van der Waals surface area (Å²) in [5.74, 6) is 1.69. The summed E-state index contributed by atoms with van der Waals surface area (Å²) in [5, 5.41) is 9.92. The van der Waals surface area contributed by atoms with Crippen molar-refractivity contribution < 1.29 is 19.4 Å². The van der Waals surface area contributed by atoms with Crippen LogP contribution in [-0.4, -0.2) is 30.2 Å². The molecule has 0 aliphatic rings. The fourth-order valence-electron chi connectivity index (χ4n) is 1.37. The summed E-state index contributed by atoms with van der Waals surface area (Å²) < 4.78 is 10.2. The molecular formula is C13H16O4S. The number of ether oxygens (including phenoxy) is 2. The SMILES string of the molecule is COc1cc(O)c(C=CCSC(C)=O)c(OC)c1. The molecule has 1 aromatic rings. The third-order valence-electron chi connectivity index (χ3n) is 2.22. The van der Waals surface area contributed by atoms with Crippen molar-refractivity contribution in [3.63, 3.8) is 0 Å². The van der Waals surface area contributed by atoms with E-state index in [1.807, 2.05) is 0 Å². The van der Waals surface area contributed by atoms with Crippen molar-refractivity contribution in [2.45, 2.75) is 6.92 Å². The lowest BCUT2D eigenvalue weighted by Gasteiger charge is -2.09. The van der Waals surface area contributed by atoms with Gasteiger partial charge in [-0.3, -0.25) is 4.79 Å². The van der Waals surface area contributed by atoms with Crippen molar-refractivity contribution in [2.24, 2.45) is 0 Å². The maximum absolute atomic E-state index is 10.8. The summed E-state index contributed by atoms with van der Waals surface area (Å²) in [6, 6.07) is 3.21. The fraction of sp³-hybridized carbons (Fsp3) is 0.308. The zero-order valence-corrected chi connectivity index (χ0v) is 11.4. The van der Waals surface area contributed by atoms with Gasteiger partial charge < -0.3 is 14.6 Å². The average molecular weight is 268 g/mol. The molecule has 1 N–H and O–H groups in total. The molecule has 98 valence electrons. The number of phenols is 1. The number of thioether (sulfide) groups is 1. The first-order valence-electron chi connectivity index (χ1n) is 5.33. The van der Waals surface area contributed by atoms with E-state index in [-0.39, 0.29) is 10.9 Å². The van der Waals surface area contributed by atoms with Crippen LogP contribution in [-0.2, 0) is 4.79 Å². The van der Waals surface area contributed by atoms with Crippen LogP contribution >= 0.6 is 11.8 Å². The Bertz CT molecular complexity index is 455. The first-order chi connectivity index (χ1) is 8.58. The molecule has 0 fully saturated rings. The van der Waals surface area contributed by atoms with E-state index >= 15 is 0 Å². The molecule has 1 aromatic carbocycles. The number of hydrogen-bond acceptors (Lipinski definition) is 5. The van der Waals surface area contributed by atoms with Gasteiger partial charge >= 0.3 is 0 Å². The van der Waals surface area contributed by atoms with Gasteiger partial charge in [0, 0.05) is 24.8 Å². The minimum absolute atomic E-state index is 0.0607. The predicted molar refractivity (Wildman–Crippen MR) is 73.4 cm³/mol. The fourth-order valence-corrected chi connectivity index (χ4v) is 1.80. The van der Waals surface area contributed by atoms with Gasteiger partial charge in [-0.15, -0.1) is 0 Å². The number of carbonyl (C=O) groups excluding carboxylic acids is 1. The first-order valence-corrected chi connectivity index (χ1v) is 6.32. The molecule has 5 heteroatoms. The Balaban J connectivity index is 2.90. The van der Waals surface area contributed by atoms with Crippen LogP contribution in [0.4, 0.5) is 0 Å². The summed E-state index contributed by atoms with van der Waals surface area (Å²) >= 11 is 1.20. The molecule has 0 amide bonds. The largest absolute Gasteiger partial charge is 0.507 e. The second kappa shape index (κ2) is 6.96. The quantitative estimate of drug-likeness (QED) is 0.889. The Morgan fingerprint density at radius 3 is 2.67 bits per heavy atom. The van der Waals surface area contributed by atoms with E-state index in [9.17, 15) is 9.90 Å². The monoisotopic (exact) mass is 268 g/mol. The van der Waals surface area contributed by atoms with E-state index in [4.69, 9.17) is 9.47 Å². The second-order valence-electron chi connectivity index (χ2n) is 3.47. The summed E-state index contributed by atoms with van der Waals surface area (Å²) in [4.78, 5) is 10.8. The van der Waals surface area contributed by atoms with Crippen LogP contribution in [0.5, 0.6) is 17.2 Å². The number of rotatable bonds is 5. The van der Waals surface area contributed by atoms with Crippen LogP contribution in [0.2, 0.25) is 0 Å². The summed E-state index contributed by atoms with van der Waals surface area (Å²) in [6.45, 7) is 1.52. The first kappa shape index (κ1) is 14.4. The van der Waals surface area contributed by atoms with Gasteiger partial charge in [-0.05, 0) is 0 Å². The molecule has 0 spiro atoms. The lowest BCUT2D eigenvalue weighted by molar-refractivity contribution is -0.109. The Morgan fingerprint density at radius 2 is 2.11 bits per heavy atom. The van der Waals surface area contributed by atoms with Crippen molar-refractivity contribution >= 4 is 23.0 Å². The molecule has 0 saturated carbocycles. The summed E-state index contributed by atoms with van der Waals surface area (Å²) in [7, 11) is 3.04. The number of methoxy groups -OCH3 is 2. The average Bonchev–Trinajstić information content (AvgIpc) is 2.34. The molecule has 0 heterocycles. The van der Waals surface area contributed by atoms with Gasteiger partial charge in [0.1, 0.15) is 17.2 Å². The van der Waals surface area contributed by atoms with E-state index in [1.54, 1.807) is 18.2 Å². The van der Waals surface area contributed by atoms with E-state index in [2.05, 4.69) is 0 Å². The zero-order valence-electron chi connectivity index (χ0n) is 10.6. The van der Waals surface area contributed by atoms with Crippen molar-refractivity contribution in [1.82, 2.24) is 0 Å². The molecule has 0 aliphatic carbocycles. The standard InChI is InChI=1S/C13H16O4S/c1-9(14)18-6-4-5-11-12(15)7-10(16-2)8-13(11)17-3/h4-5,7-8,15H,6H2,1-3H3. The van der Waals surface area contributed by atoms with Gasteiger partial charge in [0.15, 0.2) is 5.12 Å². The Labute approximate surface area is 111 Å². The van der Waals surface area contributed by atoms with Gasteiger partial charge in [0.05, 0.1) is 19.8 Å². The lowest BCUT2D eigenvalue weighted by Crippen LogP contribution is -1.91. The van der Waals surface area contributed by atoms with Crippen LogP contribution in [0.15, 0.2) is 18.2 Å². The molecule has 0 radical (unpaired) electrons. The van der Waals surface area contributed by atoms with Gasteiger partial charge in [-0.1, -0.05) is 23.9 Å². The third-order valence-corrected chi connectivity index (χ3v) is 2.98. The van der Waals surface area contributed by atoms with Gasteiger partial charge in [-0.2, -0.15) is 0 Å². The molecule has 1 rings (SSSR count). The predicted octanol–water partition coefficient (Wildman–Crippen LogP) is 2.70. The van der Waals surface area contributed by atoms with E-state index < -0.39 is 0 Å². The van der Waals surface area contributed by atoms with E-state index in [0.29, 0.717) is 22.8 Å². The second-order valence-corrected chi connectivity index (χ2v) is 4.66. The maximum atomic E-state index is 10.8. The highest BCUT2D eigenvalue weighted by Gasteiger charge is 2.08. The summed E-state index contributed by atoms with van der Waals surface area (Å²) in [5.41, 5.74) is 0.572. The highest BCUT2D eigenvalue weighted by Crippen LogP contribution is 2.34. The van der Waals surface area contributed by atoms with Crippen LogP contribution in [0.1, 0.15) is 12.5 Å². The van der Waals surface area contributed by atoms with Gasteiger partial charge in [0.25, 0.3) is 0 Å². The maximum Gasteiger partial charge on any atom is 0.186 e. The van der Waals surface area contributed by atoms with Crippen molar-refractivity contribution in [1.29, 1.82) is 0 Å². The van der Waals surface area contributed by atoms with Crippen molar-refractivity contribution in [2.75, 3.05) is 20.0 Å². The summed E-state index contributed by atoms with van der Waals surface area (Å²) in [6.07, 6.45) is 3.53. The minimum atomic E-state index is 0.0607. The molecule has 0 aromatic heterocycles. The molecule has 0 aliphatic heterocycles. The van der Waals surface area contributed by atoms with Gasteiger partial charge in [-0.25, -0.2) is 0 Å². The third kappa shape index (κ3) is 4.00. The topological polar surface area (TPSA) is 55.8 Å². The number of hydrogen-bond donors (Lipinski definition) is 1. The normalized spacial score (nSPS) is 10.6. The van der Waals surface area contributed by atoms with E-state index in [1.165, 1.54) is 39.0 Å². The lowest BCUT2D eigenvalue weighted by atomic mass is 10.1. The molecular weight excluding hydrogens is 252 g/mol. The minimum Gasteiger partial charge on any atom is -0.507 e. The van der Waals surface area contributed by atoms with Crippen LogP contribution in [0, 0.1) is 0 Å². The number of aromatic hydroxyl groups is 1. The molecule has 0 saturated heterocycles. The molecule has 18 heavy (non-hydrogen) atoms. The van der Waals surface area contributed by atoms with Gasteiger partial charge in [0.2, 0.25) is 0 Å². The highest BCUT2D eigenvalue weighted by atomic mass is 32.2. The Hall–Kier alpha value is -1.62. The molecule has 0 atom stereocenters. The molecule has 0 unspecified atom stereocenters. The van der Waals surface area contributed by atoms with Crippen molar-refractivity contribution in [3.05, 3.63) is 23.8 Å². The zero-order chi connectivity index (χ0) is 13.5. The number of phenolic OH excluding ortho intramolecular Hbond substituents is 1. The number of benzene rings is 1. The molecule has 0 bridgehead atoms. The molecule has 4 nitrogen and oxygen atoms in total. The van der Waals surface area contributed by atoms with Crippen LogP contribution in [0.3, 0.4) is 0 Å². The Kier molecular flexibility index (Phi) is 5.58. The van der Waals surface area contributed by atoms with Crippen LogP contribution < -0.4 is 9.47 Å². The van der Waals surface area contributed by atoms with E-state index in [0.717, 1.165) is 0 Å². The Morgan fingerprint density at radius 1 is 1.39 bits per heavy atom. The van der Waals surface area contributed by atoms with Crippen molar-refractivity contribution in [3.8, 4) is 17.2 Å². The number of carbonyl (C=O) groups is 1. The van der Waals surface area contributed by atoms with Crippen LogP contribution in [0.25, 0.3) is 6.08 Å². The smallest absolute Gasteiger partial charge is 0.186 e. The highest BCUT2D eigenvalue weighted by molar-refractivity contribution is 8.13.